The van der Waals surface area contributed by atoms with Gasteiger partial charge in [0, 0.05) is 5.69 Å². The van der Waals surface area contributed by atoms with Gasteiger partial charge in [-0.25, -0.2) is 0 Å². The van der Waals surface area contributed by atoms with Gasteiger partial charge < -0.3 is 21.5 Å². The lowest BCUT2D eigenvalue weighted by molar-refractivity contribution is -0.125. The van der Waals surface area contributed by atoms with E-state index in [1.807, 2.05) is 30.3 Å². The number of hydrogen-bond donors (Lipinski definition) is 4. The molecular weight excluding hydrogens is 306 g/mol. The Bertz CT molecular complexity index is 672. The molecule has 5 N–H and O–H groups in total. The first-order valence-corrected chi connectivity index (χ1v) is 7.65. The van der Waals surface area contributed by atoms with E-state index in [1.165, 1.54) is 0 Å². The Balaban J connectivity index is 1.76. The molecule has 0 fully saturated rings. The summed E-state index contributed by atoms with van der Waals surface area (Å²) in [4.78, 5) is 23.8. The van der Waals surface area contributed by atoms with Crippen molar-refractivity contribution < 1.29 is 14.7 Å². The van der Waals surface area contributed by atoms with Crippen molar-refractivity contribution in [1.29, 1.82) is 0 Å². The number of hydrogen-bond acceptors (Lipinski definition) is 4. The summed E-state index contributed by atoms with van der Waals surface area (Å²) < 4.78 is 0. The average molecular weight is 327 g/mol. The molecule has 2 rings (SSSR count). The SMILES string of the molecule is NC(Cc1ccccc1)C(=O)NCC(=O)Nc1ccc(CO)cc1. The van der Waals surface area contributed by atoms with Gasteiger partial charge in [-0.1, -0.05) is 42.5 Å². The Morgan fingerprint density at radius 3 is 2.29 bits per heavy atom. The number of aliphatic hydroxyl groups excluding tert-OH is 1. The smallest absolute Gasteiger partial charge is 0.243 e. The molecule has 1 atom stereocenters. The van der Waals surface area contributed by atoms with Crippen LogP contribution < -0.4 is 16.4 Å². The highest BCUT2D eigenvalue weighted by Crippen LogP contribution is 2.09. The number of rotatable bonds is 7. The van der Waals surface area contributed by atoms with Crippen molar-refractivity contribution in [2.45, 2.75) is 19.1 Å². The van der Waals surface area contributed by atoms with Crippen LogP contribution in [-0.4, -0.2) is 29.5 Å². The zero-order valence-electron chi connectivity index (χ0n) is 13.2. The maximum atomic E-state index is 11.9. The largest absolute Gasteiger partial charge is 0.392 e. The van der Waals surface area contributed by atoms with Gasteiger partial charge in [0.15, 0.2) is 0 Å². The van der Waals surface area contributed by atoms with Crippen molar-refractivity contribution in [2.75, 3.05) is 11.9 Å². The normalized spacial score (nSPS) is 11.6. The van der Waals surface area contributed by atoms with Gasteiger partial charge in [0.2, 0.25) is 11.8 Å². The van der Waals surface area contributed by atoms with Crippen molar-refractivity contribution in [3.63, 3.8) is 0 Å². The third-order valence-electron chi connectivity index (χ3n) is 3.48. The minimum Gasteiger partial charge on any atom is -0.392 e. The molecule has 0 heterocycles. The fourth-order valence-corrected chi connectivity index (χ4v) is 2.16. The number of amides is 2. The number of carbonyl (C=O) groups excluding carboxylic acids is 2. The van der Waals surface area contributed by atoms with Crippen LogP contribution in [0.2, 0.25) is 0 Å². The molecule has 0 aliphatic rings. The van der Waals surface area contributed by atoms with Crippen molar-refractivity contribution in [3.05, 3.63) is 65.7 Å². The van der Waals surface area contributed by atoms with Gasteiger partial charge in [-0.05, 0) is 29.7 Å². The van der Waals surface area contributed by atoms with E-state index in [4.69, 9.17) is 10.8 Å². The minimum absolute atomic E-state index is 0.0520. The van der Waals surface area contributed by atoms with Crippen LogP contribution in [0.5, 0.6) is 0 Å². The summed E-state index contributed by atoms with van der Waals surface area (Å²) >= 11 is 0. The number of nitrogens with two attached hydrogens (primary N) is 1. The van der Waals surface area contributed by atoms with Gasteiger partial charge in [0.05, 0.1) is 19.2 Å². The number of anilines is 1. The van der Waals surface area contributed by atoms with Crippen molar-refractivity contribution in [1.82, 2.24) is 5.32 Å². The highest BCUT2D eigenvalue weighted by atomic mass is 16.3. The Morgan fingerprint density at radius 1 is 1.00 bits per heavy atom. The van der Waals surface area contributed by atoms with E-state index in [1.54, 1.807) is 24.3 Å². The summed E-state index contributed by atoms with van der Waals surface area (Å²) in [5.74, 6) is -0.711. The van der Waals surface area contributed by atoms with Gasteiger partial charge in [0.1, 0.15) is 0 Å². The maximum absolute atomic E-state index is 11.9. The van der Waals surface area contributed by atoms with Crippen molar-refractivity contribution in [2.24, 2.45) is 5.73 Å². The minimum atomic E-state index is -0.705. The molecule has 6 nitrogen and oxygen atoms in total. The highest BCUT2D eigenvalue weighted by Gasteiger charge is 2.14. The second kappa shape index (κ2) is 8.81. The van der Waals surface area contributed by atoms with E-state index in [-0.39, 0.29) is 25.0 Å². The second-order valence-corrected chi connectivity index (χ2v) is 5.42. The molecule has 6 heteroatoms. The van der Waals surface area contributed by atoms with E-state index in [9.17, 15) is 9.59 Å². The molecule has 0 aliphatic heterocycles. The van der Waals surface area contributed by atoms with E-state index in [2.05, 4.69) is 10.6 Å². The van der Waals surface area contributed by atoms with Crippen molar-refractivity contribution >= 4 is 17.5 Å². The second-order valence-electron chi connectivity index (χ2n) is 5.42. The Hall–Kier alpha value is -2.70. The molecule has 2 aromatic rings. The molecule has 0 aliphatic carbocycles. The highest BCUT2D eigenvalue weighted by molar-refractivity contribution is 5.95. The van der Waals surface area contributed by atoms with Crippen LogP contribution in [0.15, 0.2) is 54.6 Å². The number of carbonyl (C=O) groups is 2. The molecule has 24 heavy (non-hydrogen) atoms. The standard InChI is InChI=1S/C18H21N3O3/c19-16(10-13-4-2-1-3-5-13)18(24)20-11-17(23)21-15-8-6-14(12-22)7-9-15/h1-9,16,22H,10-12,19H2,(H,20,24)(H,21,23). The topological polar surface area (TPSA) is 104 Å². The van der Waals surface area contributed by atoms with Crippen molar-refractivity contribution in [3.8, 4) is 0 Å². The zero-order chi connectivity index (χ0) is 17.4. The first-order chi connectivity index (χ1) is 11.6. The fraction of sp³-hybridized carbons (Fsp3) is 0.222. The van der Waals surface area contributed by atoms with E-state index in [0.717, 1.165) is 11.1 Å². The predicted octanol–water partition coefficient (Wildman–Crippen LogP) is 0.804. The Labute approximate surface area is 140 Å². The first kappa shape index (κ1) is 17.7. The Morgan fingerprint density at radius 2 is 1.67 bits per heavy atom. The molecule has 0 spiro atoms. The van der Waals surface area contributed by atoms with Crippen LogP contribution in [0.25, 0.3) is 0 Å². The van der Waals surface area contributed by atoms with E-state index >= 15 is 0 Å². The van der Waals surface area contributed by atoms with Crippen LogP contribution in [0.3, 0.4) is 0 Å². The van der Waals surface area contributed by atoms with Gasteiger partial charge in [0.25, 0.3) is 0 Å². The molecule has 0 aromatic heterocycles. The molecular formula is C18H21N3O3. The lowest BCUT2D eigenvalue weighted by Crippen LogP contribution is -2.44. The summed E-state index contributed by atoms with van der Waals surface area (Å²) in [6, 6.07) is 15.6. The molecule has 0 saturated carbocycles. The number of benzene rings is 2. The third-order valence-corrected chi connectivity index (χ3v) is 3.48. The summed E-state index contributed by atoms with van der Waals surface area (Å²) in [6.07, 6.45) is 0.414. The van der Waals surface area contributed by atoms with E-state index < -0.39 is 6.04 Å². The third kappa shape index (κ3) is 5.49. The molecule has 0 bridgehead atoms. The molecule has 0 radical (unpaired) electrons. The molecule has 2 aromatic carbocycles. The van der Waals surface area contributed by atoms with Crippen LogP contribution in [0.4, 0.5) is 5.69 Å². The fourth-order valence-electron chi connectivity index (χ4n) is 2.16. The average Bonchev–Trinajstić information content (AvgIpc) is 2.61. The van der Waals surface area contributed by atoms with Gasteiger partial charge in [-0.2, -0.15) is 0 Å². The molecule has 1 unspecified atom stereocenters. The van der Waals surface area contributed by atoms with E-state index in [0.29, 0.717) is 12.1 Å². The maximum Gasteiger partial charge on any atom is 0.243 e. The summed E-state index contributed by atoms with van der Waals surface area (Å²) in [5.41, 5.74) is 8.17. The monoisotopic (exact) mass is 327 g/mol. The molecule has 2 amide bonds. The number of aliphatic hydroxyl groups is 1. The van der Waals surface area contributed by atoms with Crippen LogP contribution in [0, 0.1) is 0 Å². The predicted molar refractivity (Wildman–Crippen MR) is 92.1 cm³/mol. The summed E-state index contributed by atoms with van der Waals surface area (Å²) in [5, 5.41) is 14.2. The van der Waals surface area contributed by atoms with Crippen LogP contribution >= 0.6 is 0 Å². The van der Waals surface area contributed by atoms with Crippen LogP contribution in [-0.2, 0) is 22.6 Å². The van der Waals surface area contributed by atoms with Gasteiger partial charge in [-0.3, -0.25) is 9.59 Å². The van der Waals surface area contributed by atoms with Gasteiger partial charge >= 0.3 is 0 Å². The lowest BCUT2D eigenvalue weighted by Gasteiger charge is -2.12. The first-order valence-electron chi connectivity index (χ1n) is 7.65. The molecule has 0 saturated heterocycles. The summed E-state index contributed by atoms with van der Waals surface area (Å²) in [7, 11) is 0. The summed E-state index contributed by atoms with van der Waals surface area (Å²) in [6.45, 7) is -0.202. The molecule has 126 valence electrons. The Kier molecular flexibility index (Phi) is 6.48. The van der Waals surface area contributed by atoms with Crippen LogP contribution in [0.1, 0.15) is 11.1 Å². The lowest BCUT2D eigenvalue weighted by atomic mass is 10.1. The zero-order valence-corrected chi connectivity index (χ0v) is 13.2. The quantitative estimate of drug-likeness (QED) is 0.604. The van der Waals surface area contributed by atoms with Gasteiger partial charge in [-0.15, -0.1) is 0 Å². The number of nitrogens with one attached hydrogen (secondary N) is 2.